The average Bonchev–Trinajstić information content (AvgIpc) is 2.42. The Bertz CT molecular complexity index is 537. The van der Waals surface area contributed by atoms with Gasteiger partial charge in [-0.1, -0.05) is 11.9 Å². The Kier molecular flexibility index (Phi) is 4.42. The number of rotatable bonds is 3. The van der Waals surface area contributed by atoms with Crippen molar-refractivity contribution in [2.45, 2.75) is 27.1 Å². The van der Waals surface area contributed by atoms with E-state index < -0.39 is 13.3 Å². The predicted octanol–water partition coefficient (Wildman–Crippen LogP) is 2.53. The Labute approximate surface area is 123 Å². The molecule has 0 unspecified atom stereocenters. The van der Waals surface area contributed by atoms with Crippen LogP contribution in [0.2, 0.25) is 0 Å². The van der Waals surface area contributed by atoms with E-state index in [1.54, 1.807) is 13.8 Å². The number of benzene rings is 1. The number of hydrogen-bond donors (Lipinski definition) is 2. The molecule has 1 aromatic rings. The van der Waals surface area contributed by atoms with Gasteiger partial charge in [0.25, 0.3) is 0 Å². The van der Waals surface area contributed by atoms with Gasteiger partial charge in [0.15, 0.2) is 0 Å². The molecule has 1 saturated heterocycles. The highest BCUT2D eigenvalue weighted by molar-refractivity contribution is 6.58. The average molecular weight is 300 g/mol. The van der Waals surface area contributed by atoms with Gasteiger partial charge in [-0.05, 0) is 37.5 Å². The first-order chi connectivity index (χ1) is 9.72. The van der Waals surface area contributed by atoms with Crippen molar-refractivity contribution in [1.82, 2.24) is 5.32 Å². The molecule has 1 aliphatic heterocycles. The molecule has 3 nitrogen and oxygen atoms in total. The summed E-state index contributed by atoms with van der Waals surface area (Å²) in [6, 6.07) is 0. The molecule has 1 aliphatic rings. The van der Waals surface area contributed by atoms with Gasteiger partial charge in [0.05, 0.1) is 0 Å². The van der Waals surface area contributed by atoms with Crippen molar-refractivity contribution in [2.75, 3.05) is 36.8 Å². The van der Waals surface area contributed by atoms with E-state index in [9.17, 15) is 12.9 Å². The SMILES string of the molecule is Cc1c(N)c(C)c(N2CCNCC2)c(C)c1C[B-](F)(F)F. The number of nitrogens with zero attached hydrogens (tertiary/aromatic N) is 1. The summed E-state index contributed by atoms with van der Waals surface area (Å²) in [5.74, 6) is 0. The van der Waals surface area contributed by atoms with Crippen LogP contribution in [0.4, 0.5) is 24.3 Å². The first-order valence-electron chi connectivity index (χ1n) is 7.27. The fourth-order valence-corrected chi connectivity index (χ4v) is 3.18. The van der Waals surface area contributed by atoms with Crippen molar-refractivity contribution >= 4 is 18.4 Å². The molecular weight excluding hydrogens is 278 g/mol. The molecule has 1 aromatic carbocycles. The summed E-state index contributed by atoms with van der Waals surface area (Å²) >= 11 is 0. The van der Waals surface area contributed by atoms with Gasteiger partial charge >= 0.3 is 6.98 Å². The van der Waals surface area contributed by atoms with Crippen molar-refractivity contribution in [3.8, 4) is 0 Å². The summed E-state index contributed by atoms with van der Waals surface area (Å²) in [4.78, 5) is 2.14. The fourth-order valence-electron chi connectivity index (χ4n) is 3.18. The summed E-state index contributed by atoms with van der Waals surface area (Å²) < 4.78 is 38.7. The van der Waals surface area contributed by atoms with Crippen molar-refractivity contribution in [1.29, 1.82) is 0 Å². The summed E-state index contributed by atoms with van der Waals surface area (Å²) in [6.45, 7) is 3.76. The van der Waals surface area contributed by atoms with E-state index in [1.807, 2.05) is 6.92 Å². The predicted molar refractivity (Wildman–Crippen MR) is 82.9 cm³/mol. The van der Waals surface area contributed by atoms with Gasteiger partial charge in [0.2, 0.25) is 0 Å². The molecule has 3 N–H and O–H groups in total. The number of hydrogen-bond acceptors (Lipinski definition) is 3. The molecule has 118 valence electrons. The Morgan fingerprint density at radius 3 is 2.14 bits per heavy atom. The quantitative estimate of drug-likeness (QED) is 0.666. The maximum absolute atomic E-state index is 12.9. The highest BCUT2D eigenvalue weighted by Gasteiger charge is 2.28. The zero-order chi connectivity index (χ0) is 15.8. The van der Waals surface area contributed by atoms with Gasteiger partial charge in [-0.25, -0.2) is 0 Å². The van der Waals surface area contributed by atoms with E-state index in [2.05, 4.69) is 10.2 Å². The van der Waals surface area contributed by atoms with E-state index in [4.69, 9.17) is 5.73 Å². The Hall–Kier alpha value is -1.37. The van der Waals surface area contributed by atoms with Gasteiger partial charge in [-0.15, -0.1) is 0 Å². The van der Waals surface area contributed by atoms with Crippen molar-refractivity contribution in [3.05, 3.63) is 22.3 Å². The van der Waals surface area contributed by atoms with Crippen molar-refractivity contribution in [3.63, 3.8) is 0 Å². The minimum absolute atomic E-state index is 0.346. The van der Waals surface area contributed by atoms with Crippen LogP contribution in [0.1, 0.15) is 22.3 Å². The monoisotopic (exact) mass is 300 g/mol. The number of nitrogen functional groups attached to an aromatic ring is 1. The van der Waals surface area contributed by atoms with E-state index in [0.29, 0.717) is 16.8 Å². The van der Waals surface area contributed by atoms with Gasteiger partial charge in [-0.3, -0.25) is 0 Å². The molecule has 0 amide bonds. The number of piperazine rings is 1. The lowest BCUT2D eigenvalue weighted by Gasteiger charge is -2.34. The molecule has 7 heteroatoms. The maximum atomic E-state index is 12.9. The second-order valence-corrected chi connectivity index (χ2v) is 5.77. The lowest BCUT2D eigenvalue weighted by atomic mass is 9.77. The minimum atomic E-state index is -4.87. The molecule has 1 heterocycles. The van der Waals surface area contributed by atoms with Gasteiger partial charge in [0.1, 0.15) is 0 Å². The van der Waals surface area contributed by atoms with Crippen LogP contribution in [-0.4, -0.2) is 33.2 Å². The first kappa shape index (κ1) is 16.0. The molecular formula is C14H22BF3N3-. The molecule has 0 aromatic heterocycles. The van der Waals surface area contributed by atoms with Gasteiger partial charge in [-0.2, -0.15) is 0 Å². The summed E-state index contributed by atoms with van der Waals surface area (Å²) in [5.41, 5.74) is 9.98. The van der Waals surface area contributed by atoms with Crippen LogP contribution in [0.25, 0.3) is 0 Å². The molecule has 1 fully saturated rings. The zero-order valence-corrected chi connectivity index (χ0v) is 12.8. The largest absolute Gasteiger partial charge is 0.482 e. The zero-order valence-electron chi connectivity index (χ0n) is 12.8. The summed E-state index contributed by atoms with van der Waals surface area (Å²) in [5, 5.41) is 3.25. The Balaban J connectivity index is 2.54. The minimum Gasteiger partial charge on any atom is -0.449 e. The summed E-state index contributed by atoms with van der Waals surface area (Å²) in [7, 11) is 0. The standard InChI is InChI=1S/C14H22BF3N3/c1-9-12(8-15(16,17)18)10(2)14(11(3)13(9)19)21-6-4-20-5-7-21/h20H,4-8,19H2,1-3H3/q-1. The van der Waals surface area contributed by atoms with E-state index >= 15 is 0 Å². The second kappa shape index (κ2) is 5.79. The van der Waals surface area contributed by atoms with Crippen LogP contribution in [0.3, 0.4) is 0 Å². The van der Waals surface area contributed by atoms with Crippen LogP contribution >= 0.6 is 0 Å². The van der Waals surface area contributed by atoms with Crippen LogP contribution < -0.4 is 16.0 Å². The van der Waals surface area contributed by atoms with Crippen molar-refractivity contribution < 1.29 is 12.9 Å². The highest BCUT2D eigenvalue weighted by atomic mass is 19.4. The number of halogens is 3. The van der Waals surface area contributed by atoms with Crippen molar-refractivity contribution in [2.24, 2.45) is 0 Å². The third-order valence-corrected chi connectivity index (χ3v) is 4.29. The second-order valence-electron chi connectivity index (χ2n) is 5.77. The molecule has 0 radical (unpaired) electrons. The number of nitrogens with one attached hydrogen (secondary N) is 1. The fraction of sp³-hybridized carbons (Fsp3) is 0.571. The van der Waals surface area contributed by atoms with Crippen LogP contribution in [0.5, 0.6) is 0 Å². The van der Waals surface area contributed by atoms with E-state index in [1.165, 1.54) is 0 Å². The topological polar surface area (TPSA) is 41.3 Å². The molecule has 0 saturated carbocycles. The third-order valence-electron chi connectivity index (χ3n) is 4.29. The normalized spacial score (nSPS) is 16.4. The van der Waals surface area contributed by atoms with Gasteiger partial charge in [0, 0.05) is 37.6 Å². The lowest BCUT2D eigenvalue weighted by Crippen LogP contribution is -2.44. The lowest BCUT2D eigenvalue weighted by molar-refractivity contribution is 0.468. The number of anilines is 2. The third kappa shape index (κ3) is 3.28. The molecule has 21 heavy (non-hydrogen) atoms. The molecule has 0 bridgehead atoms. The summed E-state index contributed by atoms with van der Waals surface area (Å²) in [6.07, 6.45) is -0.860. The van der Waals surface area contributed by atoms with E-state index in [0.717, 1.165) is 43.0 Å². The Morgan fingerprint density at radius 2 is 1.62 bits per heavy atom. The van der Waals surface area contributed by atoms with Gasteiger partial charge < -0.3 is 28.9 Å². The van der Waals surface area contributed by atoms with Crippen LogP contribution in [0, 0.1) is 20.8 Å². The smallest absolute Gasteiger partial charge is 0.449 e. The first-order valence-corrected chi connectivity index (χ1v) is 7.27. The maximum Gasteiger partial charge on any atom is 0.482 e. The van der Waals surface area contributed by atoms with Crippen LogP contribution in [-0.2, 0) is 6.32 Å². The Morgan fingerprint density at radius 1 is 1.05 bits per heavy atom. The number of nitrogens with two attached hydrogens (primary N) is 1. The molecule has 0 atom stereocenters. The highest BCUT2D eigenvalue weighted by Crippen LogP contribution is 2.37. The van der Waals surface area contributed by atoms with Crippen LogP contribution in [0.15, 0.2) is 0 Å². The van der Waals surface area contributed by atoms with E-state index in [-0.39, 0.29) is 0 Å². The molecule has 0 aliphatic carbocycles. The molecule has 0 spiro atoms. The molecule has 2 rings (SSSR count).